The summed E-state index contributed by atoms with van der Waals surface area (Å²) in [4.78, 5) is 0. The molecule has 5 heteroatoms. The number of nitrogens with zero attached hydrogens (tertiary/aromatic N) is 2. The molecule has 1 unspecified atom stereocenters. The Bertz CT molecular complexity index is 579. The summed E-state index contributed by atoms with van der Waals surface area (Å²) in [6, 6.07) is 6.76. The summed E-state index contributed by atoms with van der Waals surface area (Å²) in [5.41, 5.74) is 3.47. The highest BCUT2D eigenvalue weighted by atomic mass is 16.4. The van der Waals surface area contributed by atoms with Crippen molar-refractivity contribution in [1.82, 2.24) is 15.5 Å². The lowest BCUT2D eigenvalue weighted by atomic mass is 10.1. The molecule has 114 valence electrons. The van der Waals surface area contributed by atoms with E-state index in [4.69, 9.17) is 4.42 Å². The molecule has 1 heterocycles. The molecule has 2 aromatic rings. The van der Waals surface area contributed by atoms with Gasteiger partial charge in [0.1, 0.15) is 0 Å². The van der Waals surface area contributed by atoms with Crippen LogP contribution in [0.25, 0.3) is 0 Å². The first kappa shape index (κ1) is 15.5. The third-order valence-corrected chi connectivity index (χ3v) is 3.48. The van der Waals surface area contributed by atoms with Crippen LogP contribution >= 0.6 is 0 Å². The number of nitrogens with one attached hydrogen (secondary N) is 2. The highest BCUT2D eigenvalue weighted by molar-refractivity contribution is 5.62. The van der Waals surface area contributed by atoms with E-state index in [1.54, 1.807) is 0 Å². The first-order chi connectivity index (χ1) is 10.2. The van der Waals surface area contributed by atoms with E-state index in [2.05, 4.69) is 59.8 Å². The van der Waals surface area contributed by atoms with Crippen LogP contribution in [-0.2, 0) is 6.42 Å². The van der Waals surface area contributed by atoms with Gasteiger partial charge in [-0.15, -0.1) is 5.10 Å². The zero-order valence-electron chi connectivity index (χ0n) is 13.2. The number of hydrogen-bond acceptors (Lipinski definition) is 5. The number of aromatic nitrogens is 2. The second-order valence-corrected chi connectivity index (χ2v) is 5.21. The highest BCUT2D eigenvalue weighted by Gasteiger charge is 2.14. The van der Waals surface area contributed by atoms with E-state index in [1.165, 1.54) is 11.1 Å². The fraction of sp³-hybridized carbons (Fsp3) is 0.500. The predicted octanol–water partition coefficient (Wildman–Crippen LogP) is 3.74. The average Bonchev–Trinajstić information content (AvgIpc) is 2.95. The first-order valence-corrected chi connectivity index (χ1v) is 7.58. The van der Waals surface area contributed by atoms with Gasteiger partial charge in [0.25, 0.3) is 0 Å². The average molecular weight is 288 g/mol. The van der Waals surface area contributed by atoms with E-state index < -0.39 is 0 Å². The van der Waals surface area contributed by atoms with Crippen LogP contribution in [0.4, 0.5) is 11.7 Å². The standard InChI is InChI=1S/C16H24N4O/c1-5-10-17-12(4)15-19-20-16(21-15)18-14-11(3)8-7-9-13(14)6-2/h7-9,12,17H,5-6,10H2,1-4H3,(H,18,20). The van der Waals surface area contributed by atoms with E-state index >= 15 is 0 Å². The van der Waals surface area contributed by atoms with Crippen molar-refractivity contribution < 1.29 is 4.42 Å². The van der Waals surface area contributed by atoms with Gasteiger partial charge in [-0.2, -0.15) is 0 Å². The van der Waals surface area contributed by atoms with Crippen molar-refractivity contribution in [3.05, 3.63) is 35.2 Å². The molecule has 0 radical (unpaired) electrons. The minimum Gasteiger partial charge on any atom is -0.406 e. The van der Waals surface area contributed by atoms with Gasteiger partial charge in [0.2, 0.25) is 5.89 Å². The summed E-state index contributed by atoms with van der Waals surface area (Å²) in [5, 5.41) is 14.8. The summed E-state index contributed by atoms with van der Waals surface area (Å²) in [6.07, 6.45) is 2.03. The van der Waals surface area contributed by atoms with Crippen molar-refractivity contribution in [2.75, 3.05) is 11.9 Å². The van der Waals surface area contributed by atoms with E-state index in [0.29, 0.717) is 11.9 Å². The maximum Gasteiger partial charge on any atom is 0.320 e. The predicted molar refractivity (Wildman–Crippen MR) is 84.8 cm³/mol. The number of aryl methyl sites for hydroxylation is 2. The molecule has 5 nitrogen and oxygen atoms in total. The lowest BCUT2D eigenvalue weighted by molar-refractivity contribution is 0.424. The molecule has 0 aliphatic heterocycles. The van der Waals surface area contributed by atoms with Crippen LogP contribution in [0.1, 0.15) is 50.3 Å². The SMILES string of the molecule is CCCNC(C)c1nnc(Nc2c(C)cccc2CC)o1. The van der Waals surface area contributed by atoms with Crippen LogP contribution in [0.2, 0.25) is 0 Å². The largest absolute Gasteiger partial charge is 0.406 e. The van der Waals surface area contributed by atoms with Crippen LogP contribution in [-0.4, -0.2) is 16.7 Å². The van der Waals surface area contributed by atoms with E-state index in [9.17, 15) is 0 Å². The second-order valence-electron chi connectivity index (χ2n) is 5.21. The zero-order chi connectivity index (χ0) is 15.2. The van der Waals surface area contributed by atoms with Crippen molar-refractivity contribution in [3.8, 4) is 0 Å². The highest BCUT2D eigenvalue weighted by Crippen LogP contribution is 2.25. The van der Waals surface area contributed by atoms with Gasteiger partial charge in [-0.05, 0) is 44.4 Å². The maximum absolute atomic E-state index is 5.71. The quantitative estimate of drug-likeness (QED) is 0.812. The molecule has 2 rings (SSSR count). The summed E-state index contributed by atoms with van der Waals surface area (Å²) >= 11 is 0. The summed E-state index contributed by atoms with van der Waals surface area (Å²) in [5.74, 6) is 0.609. The van der Waals surface area contributed by atoms with E-state index in [1.807, 2.05) is 6.92 Å². The second kappa shape index (κ2) is 7.22. The van der Waals surface area contributed by atoms with Crippen molar-refractivity contribution in [2.24, 2.45) is 0 Å². The molecular weight excluding hydrogens is 264 g/mol. The monoisotopic (exact) mass is 288 g/mol. The number of hydrogen-bond donors (Lipinski definition) is 2. The van der Waals surface area contributed by atoms with E-state index in [-0.39, 0.29) is 6.04 Å². The van der Waals surface area contributed by atoms with E-state index in [0.717, 1.165) is 25.1 Å². The van der Waals surface area contributed by atoms with Gasteiger partial charge < -0.3 is 15.1 Å². The molecule has 0 saturated carbocycles. The van der Waals surface area contributed by atoms with Gasteiger partial charge >= 0.3 is 6.01 Å². The minimum absolute atomic E-state index is 0.0653. The third-order valence-electron chi connectivity index (χ3n) is 3.48. The Morgan fingerprint density at radius 2 is 2.05 bits per heavy atom. The molecule has 2 N–H and O–H groups in total. The van der Waals surface area contributed by atoms with Gasteiger partial charge in [-0.1, -0.05) is 37.1 Å². The van der Waals surface area contributed by atoms with Gasteiger partial charge in [0.05, 0.1) is 6.04 Å². The molecule has 1 aromatic carbocycles. The van der Waals surface area contributed by atoms with Gasteiger partial charge in [0.15, 0.2) is 0 Å². The van der Waals surface area contributed by atoms with Gasteiger partial charge in [-0.25, -0.2) is 0 Å². The molecule has 0 amide bonds. The number of anilines is 2. The Hall–Kier alpha value is -1.88. The molecule has 0 spiro atoms. The van der Waals surface area contributed by atoms with Crippen LogP contribution in [0.15, 0.2) is 22.6 Å². The lowest BCUT2D eigenvalue weighted by Gasteiger charge is -2.11. The van der Waals surface area contributed by atoms with Crippen LogP contribution in [0.3, 0.4) is 0 Å². The smallest absolute Gasteiger partial charge is 0.320 e. The first-order valence-electron chi connectivity index (χ1n) is 7.58. The molecule has 0 bridgehead atoms. The molecular formula is C16H24N4O. The van der Waals surface area contributed by atoms with Crippen molar-refractivity contribution in [2.45, 2.75) is 46.6 Å². The normalized spacial score (nSPS) is 12.4. The van der Waals surface area contributed by atoms with Crippen LogP contribution < -0.4 is 10.6 Å². The minimum atomic E-state index is 0.0653. The molecule has 21 heavy (non-hydrogen) atoms. The fourth-order valence-electron chi connectivity index (χ4n) is 2.22. The Morgan fingerprint density at radius 1 is 1.24 bits per heavy atom. The topological polar surface area (TPSA) is 63.0 Å². The molecule has 1 atom stereocenters. The Morgan fingerprint density at radius 3 is 2.76 bits per heavy atom. The summed E-state index contributed by atoms with van der Waals surface area (Å²) in [7, 11) is 0. The number of para-hydroxylation sites is 1. The molecule has 1 aromatic heterocycles. The van der Waals surface area contributed by atoms with Gasteiger partial charge in [-0.3, -0.25) is 0 Å². The summed E-state index contributed by atoms with van der Waals surface area (Å²) in [6.45, 7) is 9.30. The number of rotatable bonds is 7. The van der Waals surface area contributed by atoms with Crippen LogP contribution in [0.5, 0.6) is 0 Å². The Labute approximate surface area is 126 Å². The Kier molecular flexibility index (Phi) is 5.33. The molecule has 0 aliphatic rings. The number of benzene rings is 1. The molecule has 0 fully saturated rings. The maximum atomic E-state index is 5.71. The van der Waals surface area contributed by atoms with Gasteiger partial charge in [0, 0.05) is 5.69 Å². The zero-order valence-corrected chi connectivity index (χ0v) is 13.2. The van der Waals surface area contributed by atoms with Crippen LogP contribution in [0, 0.1) is 6.92 Å². The molecule has 0 saturated heterocycles. The Balaban J connectivity index is 2.13. The van der Waals surface area contributed by atoms with Crippen molar-refractivity contribution >= 4 is 11.7 Å². The van der Waals surface area contributed by atoms with Crippen molar-refractivity contribution in [3.63, 3.8) is 0 Å². The van der Waals surface area contributed by atoms with Crippen molar-refractivity contribution in [1.29, 1.82) is 0 Å². The summed E-state index contributed by atoms with van der Waals surface area (Å²) < 4.78 is 5.71. The third kappa shape index (κ3) is 3.82. The molecule has 0 aliphatic carbocycles. The fourth-order valence-corrected chi connectivity index (χ4v) is 2.22. The lowest BCUT2D eigenvalue weighted by Crippen LogP contribution is -2.19.